The van der Waals surface area contributed by atoms with Crippen molar-refractivity contribution in [1.82, 2.24) is 0 Å². The molecule has 2 aromatic rings. The van der Waals surface area contributed by atoms with Gasteiger partial charge in [0.15, 0.2) is 0 Å². The van der Waals surface area contributed by atoms with E-state index in [1.165, 1.54) is 6.07 Å². The molecule has 4 nitrogen and oxygen atoms in total. The molecule has 1 heterocycles. The van der Waals surface area contributed by atoms with Crippen molar-refractivity contribution in [2.24, 2.45) is 0 Å². The zero-order valence-electron chi connectivity index (χ0n) is 10.6. The molecule has 0 bridgehead atoms. The summed E-state index contributed by atoms with van der Waals surface area (Å²) in [6.45, 7) is 1.25. The fraction of sp³-hybridized carbons (Fsp3) is 0.214. The molecule has 1 aliphatic rings. The Morgan fingerprint density at radius 1 is 1.16 bits per heavy atom. The molecule has 0 amide bonds. The topological polar surface area (TPSA) is 58.6 Å². The van der Waals surface area contributed by atoms with Gasteiger partial charge in [-0.15, -0.1) is 0 Å². The number of benzene rings is 2. The quantitative estimate of drug-likeness (QED) is 0.590. The first-order chi connectivity index (χ1) is 8.72. The summed E-state index contributed by atoms with van der Waals surface area (Å²) in [5.41, 5.74) is 0.184. The normalized spacial score (nSPS) is 14.5. The molecule has 3 rings (SSSR count). The van der Waals surface area contributed by atoms with Crippen LogP contribution in [0.2, 0.25) is 0 Å². The molecule has 0 radical (unpaired) electrons. The maximum absolute atomic E-state index is 10.8. The molecule has 0 unspecified atom stereocenters. The average Bonchev–Trinajstić information content (AvgIpc) is 2.33. The van der Waals surface area contributed by atoms with Crippen molar-refractivity contribution in [3.05, 3.63) is 42.0 Å². The van der Waals surface area contributed by atoms with Crippen LogP contribution in [0.25, 0.3) is 10.8 Å². The third kappa shape index (κ3) is 2.93. The maximum atomic E-state index is 10.8. The zero-order valence-corrected chi connectivity index (χ0v) is 10.6. The van der Waals surface area contributed by atoms with Gasteiger partial charge in [-0.05, 0) is 34.5 Å². The number of carbonyl (C=O) groups excluding carboxylic acids is 1. The van der Waals surface area contributed by atoms with Gasteiger partial charge in [-0.1, -0.05) is 18.2 Å². The molecule has 0 aromatic heterocycles. The van der Waals surface area contributed by atoms with Gasteiger partial charge >= 0.3 is 18.9 Å². The van der Waals surface area contributed by atoms with Gasteiger partial charge in [0, 0.05) is 0 Å². The van der Waals surface area contributed by atoms with Crippen molar-refractivity contribution in [3.8, 4) is 5.75 Å². The van der Waals surface area contributed by atoms with E-state index in [1.807, 2.05) is 18.2 Å². The third-order valence-corrected chi connectivity index (χ3v) is 2.96. The molecule has 0 spiro atoms. The van der Waals surface area contributed by atoms with Crippen LogP contribution in [0.4, 0.5) is 0 Å². The summed E-state index contributed by atoms with van der Waals surface area (Å²) in [7, 11) is 0. The van der Waals surface area contributed by atoms with E-state index >= 15 is 0 Å². The number of rotatable bonds is 3. The Hall–Kier alpha value is -1.47. The number of ether oxygens (including phenoxy) is 2. The minimum Gasteiger partial charge on any atom is -0.545 e. The van der Waals surface area contributed by atoms with Crippen molar-refractivity contribution >= 4 is 16.7 Å². The van der Waals surface area contributed by atoms with E-state index in [4.69, 9.17) is 9.47 Å². The fourth-order valence-corrected chi connectivity index (χ4v) is 1.90. The van der Waals surface area contributed by atoms with Crippen LogP contribution >= 0.6 is 0 Å². The summed E-state index contributed by atoms with van der Waals surface area (Å²) in [6, 6.07) is 10.5. The van der Waals surface area contributed by atoms with Crippen LogP contribution in [0.15, 0.2) is 36.4 Å². The van der Waals surface area contributed by atoms with Crippen LogP contribution in [-0.2, 0) is 4.74 Å². The zero-order chi connectivity index (χ0) is 12.5. The Morgan fingerprint density at radius 2 is 1.84 bits per heavy atom. The molecule has 1 fully saturated rings. The van der Waals surface area contributed by atoms with Crippen molar-refractivity contribution in [3.63, 3.8) is 0 Å². The largest absolute Gasteiger partial charge is 1.00 e. The monoisotopic (exact) mass is 250 g/mol. The molecule has 19 heavy (non-hydrogen) atoms. The summed E-state index contributed by atoms with van der Waals surface area (Å²) in [5.74, 6) is -0.388. The smallest absolute Gasteiger partial charge is 0.545 e. The number of hydrogen-bond acceptors (Lipinski definition) is 4. The molecular weight excluding hydrogens is 239 g/mol. The molecule has 1 aliphatic heterocycles. The van der Waals surface area contributed by atoms with E-state index in [-0.39, 0.29) is 30.5 Å². The standard InChI is InChI=1S/C14H12O4.Li/c15-14(16)11-2-1-10-6-12(4-3-9(10)5-11)18-13-7-17-8-13;/h1-6,13H,7-8H2,(H,15,16);/q;+1/p-1. The summed E-state index contributed by atoms with van der Waals surface area (Å²) in [5, 5.41) is 12.6. The second-order valence-electron chi connectivity index (χ2n) is 4.29. The fourth-order valence-electron chi connectivity index (χ4n) is 1.90. The van der Waals surface area contributed by atoms with Crippen LogP contribution < -0.4 is 28.7 Å². The third-order valence-electron chi connectivity index (χ3n) is 2.96. The minimum absolute atomic E-state index is 0. The van der Waals surface area contributed by atoms with Gasteiger partial charge in [-0.2, -0.15) is 0 Å². The molecular formula is C14H11LiO4. The second-order valence-corrected chi connectivity index (χ2v) is 4.29. The first kappa shape index (κ1) is 13.9. The summed E-state index contributed by atoms with van der Waals surface area (Å²) in [6.07, 6.45) is 0.130. The molecule has 5 heteroatoms. The van der Waals surface area contributed by atoms with Gasteiger partial charge in [0.25, 0.3) is 0 Å². The van der Waals surface area contributed by atoms with E-state index in [0.717, 1.165) is 16.5 Å². The summed E-state index contributed by atoms with van der Waals surface area (Å²) in [4.78, 5) is 10.8. The van der Waals surface area contributed by atoms with Crippen LogP contribution in [0.5, 0.6) is 5.75 Å². The second kappa shape index (κ2) is 5.66. The summed E-state index contributed by atoms with van der Waals surface area (Å²) >= 11 is 0. The minimum atomic E-state index is -1.16. The number of carbonyl (C=O) groups is 1. The predicted octanol–water partition coefficient (Wildman–Crippen LogP) is -2.02. The Bertz CT molecular complexity index is 607. The molecule has 0 aliphatic carbocycles. The van der Waals surface area contributed by atoms with Gasteiger partial charge in [0.05, 0.1) is 19.2 Å². The van der Waals surface area contributed by atoms with Gasteiger partial charge in [0.1, 0.15) is 11.9 Å². The Balaban J connectivity index is 0.00000133. The van der Waals surface area contributed by atoms with Crippen LogP contribution in [0.3, 0.4) is 0 Å². The van der Waals surface area contributed by atoms with Crippen LogP contribution in [0, 0.1) is 0 Å². The number of fused-ring (bicyclic) bond motifs is 1. The van der Waals surface area contributed by atoms with E-state index < -0.39 is 5.97 Å². The Kier molecular flexibility index (Phi) is 4.16. The number of aromatic carboxylic acids is 1. The first-order valence-electron chi connectivity index (χ1n) is 5.72. The van der Waals surface area contributed by atoms with Gasteiger partial charge in [-0.3, -0.25) is 0 Å². The van der Waals surface area contributed by atoms with E-state index in [9.17, 15) is 9.90 Å². The van der Waals surface area contributed by atoms with E-state index in [1.54, 1.807) is 12.1 Å². The average molecular weight is 250 g/mol. The molecule has 0 atom stereocenters. The SMILES string of the molecule is O=C([O-])c1ccc2cc(OC3COC3)ccc2c1.[Li+]. The number of carboxylic acid groups (broad SMARTS) is 1. The van der Waals surface area contributed by atoms with Crippen molar-refractivity contribution < 1.29 is 38.2 Å². The van der Waals surface area contributed by atoms with Crippen molar-refractivity contribution in [2.75, 3.05) is 13.2 Å². The Morgan fingerprint density at radius 3 is 2.47 bits per heavy atom. The van der Waals surface area contributed by atoms with Gasteiger partial charge in [0.2, 0.25) is 0 Å². The van der Waals surface area contributed by atoms with Crippen molar-refractivity contribution in [2.45, 2.75) is 6.10 Å². The molecule has 0 N–H and O–H groups in total. The first-order valence-corrected chi connectivity index (χ1v) is 5.72. The van der Waals surface area contributed by atoms with Crippen molar-refractivity contribution in [1.29, 1.82) is 0 Å². The molecule has 2 aromatic carbocycles. The van der Waals surface area contributed by atoms with Crippen LogP contribution in [0.1, 0.15) is 10.4 Å². The van der Waals surface area contributed by atoms with Gasteiger partial charge < -0.3 is 19.4 Å². The Labute approximate surface area is 122 Å². The number of hydrogen-bond donors (Lipinski definition) is 0. The molecule has 0 saturated carbocycles. The van der Waals surface area contributed by atoms with Crippen LogP contribution in [-0.4, -0.2) is 25.3 Å². The summed E-state index contributed by atoms with van der Waals surface area (Å²) < 4.78 is 10.7. The van der Waals surface area contributed by atoms with Gasteiger partial charge in [-0.25, -0.2) is 0 Å². The van der Waals surface area contributed by atoms with E-state index in [2.05, 4.69) is 0 Å². The van der Waals surface area contributed by atoms with E-state index in [0.29, 0.717) is 13.2 Å². The molecule has 1 saturated heterocycles. The maximum Gasteiger partial charge on any atom is 1.00 e. The molecule has 92 valence electrons. The predicted molar refractivity (Wildman–Crippen MR) is 63.5 cm³/mol. The number of carboxylic acids is 1.